The standard InChI is InChI=1S/C12H13FO3/c1-16-9-4-2-3-8(7-13)10(9)12(5-6-12)11(14)15/h2-4H,5-7H2,1H3,(H,14,15). The van der Waals surface area contributed by atoms with Crippen molar-refractivity contribution in [2.24, 2.45) is 0 Å². The summed E-state index contributed by atoms with van der Waals surface area (Å²) in [5, 5.41) is 9.22. The third-order valence-corrected chi connectivity index (χ3v) is 3.11. The minimum Gasteiger partial charge on any atom is -0.496 e. The van der Waals surface area contributed by atoms with Gasteiger partial charge in [0.15, 0.2) is 0 Å². The molecule has 86 valence electrons. The number of carboxylic acids is 1. The van der Waals surface area contributed by atoms with Crippen LogP contribution in [0.1, 0.15) is 24.0 Å². The number of alkyl halides is 1. The summed E-state index contributed by atoms with van der Waals surface area (Å²) in [6.45, 7) is -0.665. The highest BCUT2D eigenvalue weighted by molar-refractivity contribution is 5.86. The summed E-state index contributed by atoms with van der Waals surface area (Å²) in [7, 11) is 1.47. The summed E-state index contributed by atoms with van der Waals surface area (Å²) in [6.07, 6.45) is 1.10. The molecule has 0 heterocycles. The maximum atomic E-state index is 12.9. The number of ether oxygens (including phenoxy) is 1. The molecule has 0 aliphatic heterocycles. The molecule has 0 unspecified atom stereocenters. The monoisotopic (exact) mass is 224 g/mol. The predicted octanol–water partition coefficient (Wildman–Crippen LogP) is 2.28. The Bertz CT molecular complexity index is 402. The second-order valence-corrected chi connectivity index (χ2v) is 4.02. The summed E-state index contributed by atoms with van der Waals surface area (Å²) in [5.41, 5.74) is 0.000324. The highest BCUT2D eigenvalue weighted by Crippen LogP contribution is 2.52. The van der Waals surface area contributed by atoms with E-state index in [9.17, 15) is 14.3 Å². The molecular formula is C12H13FO3. The van der Waals surface area contributed by atoms with Crippen LogP contribution in [0.4, 0.5) is 4.39 Å². The highest BCUT2D eigenvalue weighted by Gasteiger charge is 2.54. The van der Waals surface area contributed by atoms with Crippen LogP contribution in [0.5, 0.6) is 5.75 Å². The summed E-state index contributed by atoms with van der Waals surface area (Å²) in [4.78, 5) is 11.2. The number of carboxylic acid groups (broad SMARTS) is 1. The fourth-order valence-corrected chi connectivity index (χ4v) is 2.10. The molecule has 0 bridgehead atoms. The second kappa shape index (κ2) is 3.77. The van der Waals surface area contributed by atoms with Crippen LogP contribution < -0.4 is 4.74 Å². The van der Waals surface area contributed by atoms with Crippen molar-refractivity contribution in [3.8, 4) is 5.75 Å². The predicted molar refractivity (Wildman–Crippen MR) is 56.4 cm³/mol. The van der Waals surface area contributed by atoms with E-state index >= 15 is 0 Å². The first-order valence-electron chi connectivity index (χ1n) is 5.11. The van der Waals surface area contributed by atoms with E-state index in [4.69, 9.17) is 4.74 Å². The molecule has 1 fully saturated rings. The van der Waals surface area contributed by atoms with Crippen LogP contribution in [0.2, 0.25) is 0 Å². The average molecular weight is 224 g/mol. The highest BCUT2D eigenvalue weighted by atomic mass is 19.1. The van der Waals surface area contributed by atoms with Crippen LogP contribution in [-0.4, -0.2) is 18.2 Å². The fraction of sp³-hybridized carbons (Fsp3) is 0.417. The number of rotatable bonds is 4. The van der Waals surface area contributed by atoms with E-state index in [-0.39, 0.29) is 0 Å². The van der Waals surface area contributed by atoms with Crippen LogP contribution in [0.25, 0.3) is 0 Å². The third-order valence-electron chi connectivity index (χ3n) is 3.11. The van der Waals surface area contributed by atoms with E-state index < -0.39 is 18.1 Å². The molecule has 1 aromatic rings. The largest absolute Gasteiger partial charge is 0.496 e. The minimum atomic E-state index is -0.923. The van der Waals surface area contributed by atoms with Crippen molar-refractivity contribution in [1.29, 1.82) is 0 Å². The van der Waals surface area contributed by atoms with E-state index in [0.29, 0.717) is 29.7 Å². The van der Waals surface area contributed by atoms with Crippen LogP contribution in [0.3, 0.4) is 0 Å². The molecule has 0 amide bonds. The molecule has 1 N–H and O–H groups in total. The van der Waals surface area contributed by atoms with Crippen LogP contribution in [0.15, 0.2) is 18.2 Å². The van der Waals surface area contributed by atoms with Gasteiger partial charge >= 0.3 is 5.97 Å². The zero-order valence-corrected chi connectivity index (χ0v) is 9.00. The molecule has 0 spiro atoms. The molecule has 4 heteroatoms. The van der Waals surface area contributed by atoms with Crippen molar-refractivity contribution in [3.63, 3.8) is 0 Å². The number of aliphatic carboxylic acids is 1. The molecule has 16 heavy (non-hydrogen) atoms. The van der Waals surface area contributed by atoms with Crippen molar-refractivity contribution < 1.29 is 19.0 Å². The van der Waals surface area contributed by atoms with E-state index in [0.717, 1.165) is 0 Å². The Kier molecular flexibility index (Phi) is 2.58. The lowest BCUT2D eigenvalue weighted by molar-refractivity contribution is -0.140. The van der Waals surface area contributed by atoms with Gasteiger partial charge in [0, 0.05) is 5.56 Å². The molecule has 3 nitrogen and oxygen atoms in total. The van der Waals surface area contributed by atoms with Gasteiger partial charge in [0.2, 0.25) is 0 Å². The van der Waals surface area contributed by atoms with Crippen LogP contribution >= 0.6 is 0 Å². The lowest BCUT2D eigenvalue weighted by Gasteiger charge is -2.17. The Labute approximate surface area is 92.9 Å². The Balaban J connectivity index is 2.57. The van der Waals surface area contributed by atoms with Gasteiger partial charge in [-0.15, -0.1) is 0 Å². The van der Waals surface area contributed by atoms with Gasteiger partial charge in [-0.25, -0.2) is 4.39 Å². The molecule has 0 saturated heterocycles. The number of hydrogen-bond acceptors (Lipinski definition) is 2. The maximum Gasteiger partial charge on any atom is 0.314 e. The molecule has 1 saturated carbocycles. The quantitative estimate of drug-likeness (QED) is 0.853. The molecule has 0 aromatic heterocycles. The zero-order chi connectivity index (χ0) is 11.8. The van der Waals surface area contributed by atoms with Gasteiger partial charge < -0.3 is 9.84 Å². The molecule has 2 rings (SSSR count). The fourth-order valence-electron chi connectivity index (χ4n) is 2.10. The number of halogens is 1. The molecular weight excluding hydrogens is 211 g/mol. The smallest absolute Gasteiger partial charge is 0.314 e. The van der Waals surface area contributed by atoms with Gasteiger partial charge in [-0.1, -0.05) is 12.1 Å². The van der Waals surface area contributed by atoms with Crippen LogP contribution in [-0.2, 0) is 16.9 Å². The van der Waals surface area contributed by atoms with Crippen molar-refractivity contribution >= 4 is 5.97 Å². The SMILES string of the molecule is COc1cccc(CF)c1C1(C(=O)O)CC1. The maximum absolute atomic E-state index is 12.9. The van der Waals surface area contributed by atoms with Gasteiger partial charge in [0.1, 0.15) is 12.4 Å². The van der Waals surface area contributed by atoms with E-state index in [1.807, 2.05) is 0 Å². The van der Waals surface area contributed by atoms with Crippen molar-refractivity contribution in [3.05, 3.63) is 29.3 Å². The molecule has 1 aromatic carbocycles. The van der Waals surface area contributed by atoms with E-state index in [1.54, 1.807) is 18.2 Å². The van der Waals surface area contributed by atoms with Crippen molar-refractivity contribution in [2.45, 2.75) is 24.9 Å². The normalized spacial score (nSPS) is 16.9. The van der Waals surface area contributed by atoms with E-state index in [1.165, 1.54) is 7.11 Å². The number of benzene rings is 1. The molecule has 1 aliphatic rings. The number of carbonyl (C=O) groups is 1. The molecule has 0 radical (unpaired) electrons. The van der Waals surface area contributed by atoms with Crippen molar-refractivity contribution in [1.82, 2.24) is 0 Å². The summed E-state index contributed by atoms with van der Waals surface area (Å²) in [5.74, 6) is -0.429. The number of hydrogen-bond donors (Lipinski definition) is 1. The van der Waals surface area contributed by atoms with Gasteiger partial charge in [-0.05, 0) is 24.5 Å². The van der Waals surface area contributed by atoms with Crippen LogP contribution in [0, 0.1) is 0 Å². The first kappa shape index (κ1) is 10.9. The summed E-state index contributed by atoms with van der Waals surface area (Å²) >= 11 is 0. The van der Waals surface area contributed by atoms with Gasteiger partial charge in [0.25, 0.3) is 0 Å². The van der Waals surface area contributed by atoms with Crippen molar-refractivity contribution in [2.75, 3.05) is 7.11 Å². The number of methoxy groups -OCH3 is 1. The van der Waals surface area contributed by atoms with Gasteiger partial charge in [-0.2, -0.15) is 0 Å². The summed E-state index contributed by atoms with van der Waals surface area (Å²) < 4.78 is 18.0. The Morgan fingerprint density at radius 3 is 2.69 bits per heavy atom. The Hall–Kier alpha value is -1.58. The average Bonchev–Trinajstić information content (AvgIpc) is 3.09. The van der Waals surface area contributed by atoms with Gasteiger partial charge in [0.05, 0.1) is 12.5 Å². The first-order valence-corrected chi connectivity index (χ1v) is 5.11. The van der Waals surface area contributed by atoms with Gasteiger partial charge in [-0.3, -0.25) is 4.79 Å². The molecule has 0 atom stereocenters. The third kappa shape index (κ3) is 1.45. The van der Waals surface area contributed by atoms with E-state index in [2.05, 4.69) is 0 Å². The first-order chi connectivity index (χ1) is 7.65. The Morgan fingerprint density at radius 1 is 1.56 bits per heavy atom. The summed E-state index contributed by atoms with van der Waals surface area (Å²) in [6, 6.07) is 4.97. The Morgan fingerprint density at radius 2 is 2.25 bits per heavy atom. The lowest BCUT2D eigenvalue weighted by atomic mass is 9.91. The zero-order valence-electron chi connectivity index (χ0n) is 9.00. The minimum absolute atomic E-state index is 0.416. The lowest BCUT2D eigenvalue weighted by Crippen LogP contribution is -2.22. The molecule has 1 aliphatic carbocycles. The topological polar surface area (TPSA) is 46.5 Å². The second-order valence-electron chi connectivity index (χ2n) is 4.02.